The van der Waals surface area contributed by atoms with Gasteiger partial charge in [-0.3, -0.25) is 4.79 Å². The molecule has 13 heavy (non-hydrogen) atoms. The molecule has 72 valence electrons. The second-order valence-corrected chi connectivity index (χ2v) is 4.17. The van der Waals surface area contributed by atoms with Crippen molar-refractivity contribution >= 4 is 17.6 Å². The predicted molar refractivity (Wildman–Crippen MR) is 53.1 cm³/mol. The molecule has 0 aliphatic carbocycles. The number of nitrogens with two attached hydrogens (primary N) is 1. The topological polar surface area (TPSA) is 63.3 Å². The molecule has 0 spiro atoms. The summed E-state index contributed by atoms with van der Waals surface area (Å²) in [6.07, 6.45) is 0.0104. The maximum absolute atomic E-state index is 10.6. The number of rotatable bonds is 3. The summed E-state index contributed by atoms with van der Waals surface area (Å²) in [6.45, 7) is 3.59. The second kappa shape index (κ2) is 4.00. The summed E-state index contributed by atoms with van der Waals surface area (Å²) >= 11 is 1.45. The van der Waals surface area contributed by atoms with E-state index in [2.05, 4.69) is 0 Å². The summed E-state index contributed by atoms with van der Waals surface area (Å²) in [5.41, 5.74) is 6.78. The Labute approximate surface area is 81.2 Å². The lowest BCUT2D eigenvalue weighted by atomic mass is 10.0. The van der Waals surface area contributed by atoms with Crippen LogP contribution < -0.4 is 5.73 Å². The van der Waals surface area contributed by atoms with Crippen LogP contribution in [0.4, 0.5) is 0 Å². The van der Waals surface area contributed by atoms with Crippen molar-refractivity contribution in [2.24, 2.45) is 5.73 Å². The number of aliphatic hydroxyl groups excluding tert-OH is 1. The molecule has 0 aliphatic heterocycles. The van der Waals surface area contributed by atoms with Crippen molar-refractivity contribution in [3.63, 3.8) is 0 Å². The largest absolute Gasteiger partial charge is 0.387 e. The van der Waals surface area contributed by atoms with Crippen LogP contribution in [0, 0.1) is 6.92 Å². The molecular weight excluding hydrogens is 186 g/mol. The van der Waals surface area contributed by atoms with E-state index in [1.165, 1.54) is 11.3 Å². The highest BCUT2D eigenvalue weighted by molar-refractivity contribution is 7.10. The van der Waals surface area contributed by atoms with E-state index < -0.39 is 6.10 Å². The third kappa shape index (κ3) is 1.96. The standard InChI is InChI=1S/C9H13NO2S/c1-5(10)9(12)8-6(2)13-4-7(8)3-11/h3-5,9,12H,10H2,1-2H3. The molecule has 2 atom stereocenters. The van der Waals surface area contributed by atoms with Gasteiger partial charge in [-0.2, -0.15) is 0 Å². The lowest BCUT2D eigenvalue weighted by molar-refractivity contribution is 0.111. The van der Waals surface area contributed by atoms with Gasteiger partial charge in [0, 0.05) is 27.4 Å². The normalized spacial score (nSPS) is 15.4. The van der Waals surface area contributed by atoms with Crippen LogP contribution in [0.25, 0.3) is 0 Å². The van der Waals surface area contributed by atoms with Gasteiger partial charge >= 0.3 is 0 Å². The number of aliphatic hydroxyl groups is 1. The van der Waals surface area contributed by atoms with Crippen LogP contribution in [-0.2, 0) is 0 Å². The molecule has 0 saturated heterocycles. The molecule has 0 aromatic carbocycles. The SMILES string of the molecule is Cc1scc(C=O)c1C(O)C(C)N. The zero-order chi connectivity index (χ0) is 10.0. The van der Waals surface area contributed by atoms with E-state index in [0.717, 1.165) is 11.2 Å². The van der Waals surface area contributed by atoms with Gasteiger partial charge in [-0.25, -0.2) is 0 Å². The fraction of sp³-hybridized carbons (Fsp3) is 0.444. The summed E-state index contributed by atoms with van der Waals surface area (Å²) in [5.74, 6) is 0. The quantitative estimate of drug-likeness (QED) is 0.720. The monoisotopic (exact) mass is 199 g/mol. The minimum atomic E-state index is -0.744. The van der Waals surface area contributed by atoms with Gasteiger partial charge in [-0.1, -0.05) is 0 Å². The summed E-state index contributed by atoms with van der Waals surface area (Å²) in [7, 11) is 0. The first-order valence-electron chi connectivity index (χ1n) is 4.04. The van der Waals surface area contributed by atoms with Crippen molar-refractivity contribution in [1.82, 2.24) is 0 Å². The average Bonchev–Trinajstić information content (AvgIpc) is 2.45. The first kappa shape index (κ1) is 10.4. The van der Waals surface area contributed by atoms with Crippen LogP contribution in [0.3, 0.4) is 0 Å². The van der Waals surface area contributed by atoms with Gasteiger partial charge in [0.1, 0.15) is 0 Å². The van der Waals surface area contributed by atoms with E-state index in [1.54, 1.807) is 12.3 Å². The molecule has 0 amide bonds. The molecule has 0 saturated carbocycles. The van der Waals surface area contributed by atoms with Crippen molar-refractivity contribution in [1.29, 1.82) is 0 Å². The molecule has 1 heterocycles. The Hall–Kier alpha value is -0.710. The van der Waals surface area contributed by atoms with Crippen LogP contribution >= 0.6 is 11.3 Å². The third-order valence-corrected chi connectivity index (χ3v) is 2.92. The zero-order valence-corrected chi connectivity index (χ0v) is 8.47. The van der Waals surface area contributed by atoms with E-state index in [9.17, 15) is 9.90 Å². The Morgan fingerprint density at radius 3 is 2.77 bits per heavy atom. The number of hydrogen-bond donors (Lipinski definition) is 2. The molecule has 3 nitrogen and oxygen atoms in total. The van der Waals surface area contributed by atoms with Crippen molar-refractivity contribution < 1.29 is 9.90 Å². The summed E-state index contributed by atoms with van der Waals surface area (Å²) in [5, 5.41) is 11.4. The summed E-state index contributed by atoms with van der Waals surface area (Å²) in [6, 6.07) is -0.355. The molecule has 3 N–H and O–H groups in total. The lowest BCUT2D eigenvalue weighted by Gasteiger charge is -2.15. The molecule has 0 aliphatic rings. The maximum atomic E-state index is 10.6. The number of carbonyl (C=O) groups excluding carboxylic acids is 1. The van der Waals surface area contributed by atoms with E-state index in [4.69, 9.17) is 5.73 Å². The molecule has 1 aromatic heterocycles. The number of thiophene rings is 1. The number of hydrogen-bond acceptors (Lipinski definition) is 4. The van der Waals surface area contributed by atoms with E-state index in [0.29, 0.717) is 11.1 Å². The van der Waals surface area contributed by atoms with Crippen molar-refractivity contribution in [2.45, 2.75) is 26.0 Å². The summed E-state index contributed by atoms with van der Waals surface area (Å²) in [4.78, 5) is 11.6. The van der Waals surface area contributed by atoms with Gasteiger partial charge in [0.15, 0.2) is 6.29 Å². The zero-order valence-electron chi connectivity index (χ0n) is 7.65. The van der Waals surface area contributed by atoms with Gasteiger partial charge < -0.3 is 10.8 Å². The van der Waals surface area contributed by atoms with Crippen LogP contribution in [0.15, 0.2) is 5.38 Å². The lowest BCUT2D eigenvalue weighted by Crippen LogP contribution is -2.25. The first-order valence-corrected chi connectivity index (χ1v) is 4.92. The van der Waals surface area contributed by atoms with Gasteiger partial charge in [-0.05, 0) is 13.8 Å². The minimum Gasteiger partial charge on any atom is -0.387 e. The molecule has 2 unspecified atom stereocenters. The molecule has 4 heteroatoms. The first-order chi connectivity index (χ1) is 6.07. The van der Waals surface area contributed by atoms with Crippen molar-refractivity contribution in [2.75, 3.05) is 0 Å². The highest BCUT2D eigenvalue weighted by atomic mass is 32.1. The Kier molecular flexibility index (Phi) is 3.19. The maximum Gasteiger partial charge on any atom is 0.151 e. The average molecular weight is 199 g/mol. The van der Waals surface area contributed by atoms with Crippen LogP contribution in [0.5, 0.6) is 0 Å². The number of aryl methyl sites for hydroxylation is 1. The van der Waals surface area contributed by atoms with E-state index >= 15 is 0 Å². The highest BCUT2D eigenvalue weighted by Crippen LogP contribution is 2.28. The third-order valence-electron chi connectivity index (χ3n) is 1.97. The van der Waals surface area contributed by atoms with Gasteiger partial charge in [0.2, 0.25) is 0 Å². The van der Waals surface area contributed by atoms with Gasteiger partial charge in [0.25, 0.3) is 0 Å². The van der Waals surface area contributed by atoms with E-state index in [1.807, 2.05) is 6.92 Å². The smallest absolute Gasteiger partial charge is 0.151 e. The van der Waals surface area contributed by atoms with Crippen LogP contribution in [0.2, 0.25) is 0 Å². The molecule has 0 radical (unpaired) electrons. The summed E-state index contributed by atoms with van der Waals surface area (Å²) < 4.78 is 0. The fourth-order valence-electron chi connectivity index (χ4n) is 1.22. The Morgan fingerprint density at radius 1 is 1.69 bits per heavy atom. The van der Waals surface area contributed by atoms with Gasteiger partial charge in [0.05, 0.1) is 6.10 Å². The molecular formula is C9H13NO2S. The van der Waals surface area contributed by atoms with E-state index in [-0.39, 0.29) is 6.04 Å². The van der Waals surface area contributed by atoms with Crippen molar-refractivity contribution in [3.05, 3.63) is 21.4 Å². The Bertz CT molecular complexity index is 307. The van der Waals surface area contributed by atoms with Gasteiger partial charge in [-0.15, -0.1) is 11.3 Å². The number of aldehydes is 1. The predicted octanol–water partition coefficient (Wildman–Crippen LogP) is 1.25. The number of carbonyl (C=O) groups is 1. The Morgan fingerprint density at radius 2 is 2.31 bits per heavy atom. The molecule has 1 rings (SSSR count). The fourth-order valence-corrected chi connectivity index (χ4v) is 2.07. The highest BCUT2D eigenvalue weighted by Gasteiger charge is 2.19. The molecule has 0 bridgehead atoms. The molecule has 0 fully saturated rings. The molecule has 1 aromatic rings. The van der Waals surface area contributed by atoms with Crippen molar-refractivity contribution in [3.8, 4) is 0 Å². The Balaban J connectivity index is 3.10. The second-order valence-electron chi connectivity index (χ2n) is 3.08. The van der Waals surface area contributed by atoms with Crippen LogP contribution in [-0.4, -0.2) is 17.4 Å². The minimum absolute atomic E-state index is 0.355. The van der Waals surface area contributed by atoms with Crippen LogP contribution in [0.1, 0.15) is 33.8 Å².